The first-order valence-electron chi connectivity index (χ1n) is 37.5. The van der Waals surface area contributed by atoms with Gasteiger partial charge in [-0.25, -0.2) is 57.3 Å². The third kappa shape index (κ3) is 30.5. The third-order valence-electron chi connectivity index (χ3n) is 19.6. The number of nitrogens with two attached hydrogens (primary N) is 2. The van der Waals surface area contributed by atoms with Crippen LogP contribution in [0.3, 0.4) is 0 Å². The number of aliphatic hydroxyl groups is 4. The number of ketones is 2. The number of amides is 4. The molecule has 674 valence electrons. The average molecular weight is 1830 g/mol. The average Bonchev–Trinajstić information content (AvgIpc) is 1.62. The summed E-state index contributed by atoms with van der Waals surface area (Å²) in [6.07, 6.45) is -6.32. The van der Waals surface area contributed by atoms with E-state index in [1.165, 1.54) is 33.3 Å². The fraction of sp³-hybridized carbons (Fsp3) is 0.667. The number of phosphoric acid groups is 6. The van der Waals surface area contributed by atoms with E-state index in [-0.39, 0.29) is 97.4 Å². The van der Waals surface area contributed by atoms with Gasteiger partial charge in [-0.15, -0.1) is 0 Å². The highest BCUT2D eigenvalue weighted by Gasteiger charge is 2.53. The summed E-state index contributed by atoms with van der Waals surface area (Å²) in [6, 6.07) is 8.38. The second kappa shape index (κ2) is 42.6. The van der Waals surface area contributed by atoms with Crippen LogP contribution in [0.25, 0.3) is 22.3 Å². The highest BCUT2D eigenvalue weighted by molar-refractivity contribution is 7.61. The Morgan fingerprint density at radius 3 is 1.18 bits per heavy atom. The minimum Gasteiger partial charge on any atom is -0.386 e. The van der Waals surface area contributed by atoms with Crippen molar-refractivity contribution in [2.45, 2.75) is 207 Å². The highest BCUT2D eigenvalue weighted by atomic mass is 31.3. The van der Waals surface area contributed by atoms with Crippen LogP contribution < -0.4 is 32.7 Å². The van der Waals surface area contributed by atoms with E-state index in [1.54, 1.807) is 0 Å². The number of carbonyl (C=O) groups excluding carboxylic acids is 6. The van der Waals surface area contributed by atoms with E-state index >= 15 is 0 Å². The van der Waals surface area contributed by atoms with Gasteiger partial charge in [0.1, 0.15) is 84.1 Å². The Balaban J connectivity index is 0.686. The van der Waals surface area contributed by atoms with Crippen LogP contribution in [0.5, 0.6) is 0 Å². The van der Waals surface area contributed by atoms with Crippen molar-refractivity contribution >= 4 is 116 Å². The van der Waals surface area contributed by atoms with E-state index in [0.29, 0.717) is 12.8 Å². The minimum atomic E-state index is -5.64. The van der Waals surface area contributed by atoms with E-state index in [4.69, 9.17) is 39.0 Å². The molecule has 7 rings (SSSR count). The summed E-state index contributed by atoms with van der Waals surface area (Å²) in [5.74, 6) is -3.32. The zero-order chi connectivity index (χ0) is 89.4. The quantitative estimate of drug-likeness (QED) is 0.0196. The van der Waals surface area contributed by atoms with E-state index in [1.807, 2.05) is 27.7 Å². The highest BCUT2D eigenvalue weighted by Crippen LogP contribution is 2.63. The van der Waals surface area contributed by atoms with Crippen molar-refractivity contribution in [1.29, 1.82) is 0 Å². The number of fused-ring (bicyclic) bond motifs is 2. The molecule has 4 amide bonds. The van der Waals surface area contributed by atoms with Gasteiger partial charge < -0.3 is 102 Å². The normalized spacial score (nSPS) is 21.4. The predicted octanol–water partition coefficient (Wildman–Crippen LogP) is 2.70. The number of phosphoric ester groups is 6. The molecule has 6 heterocycles. The number of anilines is 2. The van der Waals surface area contributed by atoms with Crippen LogP contribution >= 0.6 is 46.9 Å². The van der Waals surface area contributed by atoms with Crippen LogP contribution in [0.15, 0.2) is 49.6 Å². The number of ether oxygens (including phenoxy) is 2. The van der Waals surface area contributed by atoms with Crippen molar-refractivity contribution in [2.75, 3.05) is 64.1 Å². The molecule has 20 N–H and O–H groups in total. The number of imidazole rings is 2. The maximum absolute atomic E-state index is 13.2. The minimum absolute atomic E-state index is 0.00614. The number of hydrogen-bond donors (Lipinski definition) is 18. The molecule has 2 aliphatic heterocycles. The van der Waals surface area contributed by atoms with Crippen molar-refractivity contribution in [3.05, 3.63) is 60.7 Å². The molecular formula is C66H106N14O34P6. The first-order valence-corrected chi connectivity index (χ1v) is 46.6. The summed E-state index contributed by atoms with van der Waals surface area (Å²) in [4.78, 5) is 181. The van der Waals surface area contributed by atoms with Gasteiger partial charge in [-0.1, -0.05) is 105 Å². The largest absolute Gasteiger partial charge is 0.481 e. The molecule has 0 saturated carbocycles. The fourth-order valence-electron chi connectivity index (χ4n) is 12.5. The monoisotopic (exact) mass is 1820 g/mol. The van der Waals surface area contributed by atoms with Gasteiger partial charge in [-0.3, -0.25) is 65.0 Å². The summed E-state index contributed by atoms with van der Waals surface area (Å²) in [7, 11) is -33.2. The van der Waals surface area contributed by atoms with Crippen LogP contribution in [0.2, 0.25) is 0 Å². The molecule has 2 fully saturated rings. The van der Waals surface area contributed by atoms with Crippen molar-refractivity contribution in [3.8, 4) is 0 Å². The van der Waals surface area contributed by atoms with Crippen LogP contribution in [0.1, 0.15) is 156 Å². The van der Waals surface area contributed by atoms with Crippen molar-refractivity contribution in [1.82, 2.24) is 60.3 Å². The van der Waals surface area contributed by atoms with Gasteiger partial charge in [0, 0.05) is 73.5 Å². The van der Waals surface area contributed by atoms with Gasteiger partial charge >= 0.3 is 46.9 Å². The first-order chi connectivity index (χ1) is 55.6. The number of benzene rings is 1. The maximum atomic E-state index is 13.2. The summed E-state index contributed by atoms with van der Waals surface area (Å²) < 4.78 is 126. The molecule has 4 aromatic heterocycles. The number of aromatic nitrogens is 8. The lowest BCUT2D eigenvalue weighted by molar-refractivity contribution is -0.137. The molecule has 5 aromatic rings. The van der Waals surface area contributed by atoms with Crippen LogP contribution in [-0.4, -0.2) is 235 Å². The van der Waals surface area contributed by atoms with Gasteiger partial charge in [0.15, 0.2) is 35.4 Å². The summed E-state index contributed by atoms with van der Waals surface area (Å²) in [5, 5.41) is 53.6. The molecule has 14 unspecified atom stereocenters. The van der Waals surface area contributed by atoms with Crippen molar-refractivity contribution in [3.63, 3.8) is 0 Å². The van der Waals surface area contributed by atoms with Crippen molar-refractivity contribution < 1.29 is 161 Å². The summed E-state index contributed by atoms with van der Waals surface area (Å²) in [6.45, 7) is 7.61. The Bertz CT molecular complexity index is 4660. The SMILES string of the molecule is CC(C)(CCCCCCc1ccc(CCCCC(C)(C)C(=O)CCNC(=O)CCNC(=O)C(O)C(C)(C)COP(=O)(O)OP(=O)(O)OCC2OC(n3cnc4c(N)ncnc43)C(O)C2OP(=O)(O)O)cc1)C(=O)CCNC(=O)CCNC(=O)C(O)C(C)(C)COP(=O)(O)OP(=O)(O)OCC1OC(n2cnc3c(N)ncnc32)C(O)C1OP(=O)(O)O. The number of carbonyl (C=O) groups is 6. The molecular weight excluding hydrogens is 1720 g/mol. The number of Topliss-reactive ketones (excluding diaryl/α,β-unsaturated/α-hetero) is 2. The smallest absolute Gasteiger partial charge is 0.386 e. The molecule has 0 bridgehead atoms. The molecule has 14 atom stereocenters. The van der Waals surface area contributed by atoms with E-state index < -0.39 is 180 Å². The Morgan fingerprint density at radius 2 is 0.808 bits per heavy atom. The van der Waals surface area contributed by atoms with Crippen LogP contribution in [0.4, 0.5) is 11.6 Å². The summed E-state index contributed by atoms with van der Waals surface area (Å²) in [5.41, 5.74) is 9.36. The Labute approximate surface area is 687 Å². The molecule has 0 spiro atoms. The molecule has 54 heteroatoms. The lowest BCUT2D eigenvalue weighted by atomic mass is 9.81. The topological polar surface area (TPSA) is 727 Å². The van der Waals surface area contributed by atoms with Gasteiger partial charge in [0.05, 0.1) is 39.1 Å². The predicted molar refractivity (Wildman–Crippen MR) is 417 cm³/mol. The number of rotatable bonds is 52. The lowest BCUT2D eigenvalue weighted by Gasteiger charge is -2.30. The lowest BCUT2D eigenvalue weighted by Crippen LogP contribution is -2.46. The van der Waals surface area contributed by atoms with Crippen LogP contribution in [0, 0.1) is 21.7 Å². The van der Waals surface area contributed by atoms with Gasteiger partial charge in [-0.05, 0) is 49.7 Å². The zero-order valence-electron chi connectivity index (χ0n) is 66.7. The molecule has 0 aliphatic carbocycles. The third-order valence-corrected chi connectivity index (χ3v) is 25.8. The molecule has 0 radical (unpaired) electrons. The maximum Gasteiger partial charge on any atom is 0.481 e. The number of unbranched alkanes of at least 4 members (excludes halogenated alkanes) is 4. The Kier molecular flexibility index (Phi) is 35.7. The van der Waals surface area contributed by atoms with Crippen molar-refractivity contribution in [2.24, 2.45) is 21.7 Å². The Morgan fingerprint density at radius 1 is 0.475 bits per heavy atom. The fourth-order valence-corrected chi connectivity index (χ4v) is 18.1. The first kappa shape index (κ1) is 101. The molecule has 48 nitrogen and oxygen atoms in total. The second-order valence-corrected chi connectivity index (χ2v) is 39.7. The van der Waals surface area contributed by atoms with Crippen LogP contribution in [-0.2, 0) is 114 Å². The number of nitrogens with zero attached hydrogens (tertiary/aromatic N) is 8. The number of hydrogen-bond acceptors (Lipinski definition) is 34. The summed E-state index contributed by atoms with van der Waals surface area (Å²) >= 11 is 0. The molecule has 2 saturated heterocycles. The molecule has 2 aliphatic rings. The zero-order valence-corrected chi connectivity index (χ0v) is 72.1. The van der Waals surface area contributed by atoms with E-state index in [0.717, 1.165) is 91.4 Å². The number of aliphatic hydroxyl groups excluding tert-OH is 4. The van der Waals surface area contributed by atoms with E-state index in [9.17, 15) is 116 Å². The second-order valence-electron chi connectivity index (χ2n) is 31.2. The molecule has 120 heavy (non-hydrogen) atoms. The van der Waals surface area contributed by atoms with Gasteiger partial charge in [0.25, 0.3) is 0 Å². The molecule has 1 aromatic carbocycles. The van der Waals surface area contributed by atoms with Gasteiger partial charge in [-0.2, -0.15) is 8.62 Å². The number of nitrogens with one attached hydrogen (secondary N) is 4. The standard InChI is InChI=1S/C66H106N14O34P6/c1-63(2,43(81)21-27-69-45(83)23-29-71-59(89)53(87)65(5,6)33-107-119(101,102)113-117(97,98)105-31-41-51(111-115(91,92)93)49(85)61(109-41)79-37-77-47-55(67)73-35-75-57(47)79)25-13-10-9-11-15-39-17-19-40(20-18-39)16-12-14-26-64(3,4)44(82)22-28-70-46(84)24-30-72-60(90)54(88)66(7,8)34-108-120(103,104)114-118(99,100)106-32-42-52(112-116(94,95)96)50(86)62(110-42)80-38-78-48-56(68)74-36-76-58(48)80/h17-20,35-38,41-42,49-54,61-62,85-88H,9-16,21-34H2,1-8H3,(H,69,83)(H,70,84)(H,71,89)(H,72,90)(H,97,98)(H,99,100)(H,101,102)(H,103,104)(H2,67,73,75)(H2,68,74,76)(H2,91,92,93)(H2,94,95,96). The number of nitrogen functional groups attached to an aromatic ring is 2. The Hall–Kier alpha value is -6.36. The van der Waals surface area contributed by atoms with Gasteiger partial charge in [0.2, 0.25) is 23.6 Å². The number of aryl methyl sites for hydroxylation is 2. The van der Waals surface area contributed by atoms with E-state index in [2.05, 4.69) is 93.1 Å².